The summed E-state index contributed by atoms with van der Waals surface area (Å²) >= 11 is 0. The van der Waals surface area contributed by atoms with Gasteiger partial charge in [-0.2, -0.15) is 0 Å². The molecule has 0 fully saturated rings. The number of hydrogen-bond donors (Lipinski definition) is 0. The summed E-state index contributed by atoms with van der Waals surface area (Å²) in [4.78, 5) is 30.6. The number of amides is 2. The van der Waals surface area contributed by atoms with Crippen molar-refractivity contribution in [2.24, 2.45) is 0 Å². The highest BCUT2D eigenvalue weighted by Crippen LogP contribution is 2.29. The fraction of sp³-hybridized carbons (Fsp3) is 0.0500. The second kappa shape index (κ2) is 5.42. The molecular formula is C20H14N2O2. The zero-order valence-corrected chi connectivity index (χ0v) is 13.1. The number of carbonyl (C=O) groups is 2. The van der Waals surface area contributed by atoms with E-state index in [1.165, 1.54) is 4.90 Å². The summed E-state index contributed by atoms with van der Waals surface area (Å²) < 4.78 is 0. The third kappa shape index (κ3) is 2.20. The molecule has 0 bridgehead atoms. The van der Waals surface area contributed by atoms with Crippen LogP contribution in [0.15, 0.2) is 66.9 Å². The monoisotopic (exact) mass is 314 g/mol. The van der Waals surface area contributed by atoms with E-state index in [2.05, 4.69) is 4.98 Å². The smallest absolute Gasteiger partial charge is 0.266 e. The first-order valence-electron chi connectivity index (χ1n) is 7.66. The van der Waals surface area contributed by atoms with Crippen LogP contribution < -0.4 is 4.90 Å². The van der Waals surface area contributed by atoms with Crippen molar-refractivity contribution in [1.82, 2.24) is 4.98 Å². The molecule has 2 heterocycles. The Balaban J connectivity index is 1.68. The van der Waals surface area contributed by atoms with Gasteiger partial charge in [-0.1, -0.05) is 30.3 Å². The van der Waals surface area contributed by atoms with Crippen molar-refractivity contribution < 1.29 is 9.59 Å². The van der Waals surface area contributed by atoms with Crippen LogP contribution in [0.1, 0.15) is 26.3 Å². The number of aromatic nitrogens is 1. The molecule has 1 aliphatic heterocycles. The van der Waals surface area contributed by atoms with E-state index < -0.39 is 0 Å². The van der Waals surface area contributed by atoms with Crippen LogP contribution in [0.3, 0.4) is 0 Å². The third-order valence-corrected chi connectivity index (χ3v) is 4.13. The van der Waals surface area contributed by atoms with Crippen LogP contribution in [0.25, 0.3) is 11.3 Å². The van der Waals surface area contributed by atoms with Crippen LogP contribution in [0.2, 0.25) is 0 Å². The topological polar surface area (TPSA) is 50.3 Å². The van der Waals surface area contributed by atoms with Crippen molar-refractivity contribution >= 4 is 17.5 Å². The van der Waals surface area contributed by atoms with Crippen LogP contribution in [0.4, 0.5) is 5.69 Å². The fourth-order valence-electron chi connectivity index (χ4n) is 2.84. The van der Waals surface area contributed by atoms with Gasteiger partial charge < -0.3 is 0 Å². The number of nitrogens with zero attached hydrogens (tertiary/aromatic N) is 2. The molecule has 0 N–H and O–H groups in total. The number of aryl methyl sites for hydroxylation is 1. The first kappa shape index (κ1) is 14.3. The fourth-order valence-corrected chi connectivity index (χ4v) is 2.84. The van der Waals surface area contributed by atoms with Crippen molar-refractivity contribution in [3.8, 4) is 11.3 Å². The summed E-state index contributed by atoms with van der Waals surface area (Å²) in [6.07, 6.45) is 1.81. The molecule has 0 spiro atoms. The zero-order valence-electron chi connectivity index (χ0n) is 13.1. The first-order chi connectivity index (χ1) is 11.6. The van der Waals surface area contributed by atoms with Gasteiger partial charge in [-0.25, -0.2) is 4.90 Å². The van der Waals surface area contributed by atoms with Gasteiger partial charge in [-0.3, -0.25) is 14.6 Å². The number of fused-ring (bicyclic) bond motifs is 1. The molecule has 0 saturated carbocycles. The number of imide groups is 1. The molecular weight excluding hydrogens is 300 g/mol. The normalized spacial score (nSPS) is 13.3. The maximum atomic E-state index is 12.5. The van der Waals surface area contributed by atoms with Crippen molar-refractivity contribution in [3.63, 3.8) is 0 Å². The number of carbonyl (C=O) groups excluding carboxylic acids is 2. The summed E-state index contributed by atoms with van der Waals surface area (Å²) in [5.41, 5.74) is 4.36. The highest BCUT2D eigenvalue weighted by Gasteiger charge is 2.36. The number of anilines is 1. The molecule has 0 unspecified atom stereocenters. The predicted octanol–water partition coefficient (Wildman–Crippen LogP) is 3.86. The van der Waals surface area contributed by atoms with E-state index in [9.17, 15) is 9.59 Å². The average Bonchev–Trinajstić information content (AvgIpc) is 2.87. The van der Waals surface area contributed by atoms with E-state index in [-0.39, 0.29) is 11.8 Å². The Morgan fingerprint density at radius 1 is 0.792 bits per heavy atom. The van der Waals surface area contributed by atoms with Crippen molar-refractivity contribution in [2.45, 2.75) is 6.92 Å². The molecule has 4 rings (SSSR count). The second-order valence-electron chi connectivity index (χ2n) is 5.76. The molecule has 0 radical (unpaired) electrons. The Morgan fingerprint density at radius 2 is 1.42 bits per heavy atom. The minimum Gasteiger partial charge on any atom is -0.268 e. The van der Waals surface area contributed by atoms with Crippen LogP contribution in [0, 0.1) is 6.92 Å². The third-order valence-electron chi connectivity index (χ3n) is 4.13. The molecule has 0 atom stereocenters. The van der Waals surface area contributed by atoms with Crippen LogP contribution in [-0.4, -0.2) is 16.8 Å². The molecule has 1 aromatic heterocycles. The van der Waals surface area contributed by atoms with Gasteiger partial charge in [0.2, 0.25) is 0 Å². The van der Waals surface area contributed by atoms with E-state index in [4.69, 9.17) is 0 Å². The SMILES string of the molecule is Cc1ccc(-c2ccc(N3C(=O)c4ccccc4C3=O)cc2)nc1. The van der Waals surface area contributed by atoms with Crippen LogP contribution in [0.5, 0.6) is 0 Å². The molecule has 3 aromatic rings. The first-order valence-corrected chi connectivity index (χ1v) is 7.66. The minimum atomic E-state index is -0.281. The number of hydrogen-bond acceptors (Lipinski definition) is 3. The van der Waals surface area contributed by atoms with E-state index in [1.807, 2.05) is 37.4 Å². The highest BCUT2D eigenvalue weighted by atomic mass is 16.2. The lowest BCUT2D eigenvalue weighted by Crippen LogP contribution is -2.29. The zero-order chi connectivity index (χ0) is 16.7. The van der Waals surface area contributed by atoms with E-state index in [0.29, 0.717) is 16.8 Å². The van der Waals surface area contributed by atoms with Gasteiger partial charge in [-0.05, 0) is 42.8 Å². The largest absolute Gasteiger partial charge is 0.268 e. The Hall–Kier alpha value is -3.27. The second-order valence-corrected chi connectivity index (χ2v) is 5.76. The van der Waals surface area contributed by atoms with Gasteiger partial charge in [0.25, 0.3) is 11.8 Å². The molecule has 4 nitrogen and oxygen atoms in total. The Kier molecular flexibility index (Phi) is 3.24. The number of benzene rings is 2. The quantitative estimate of drug-likeness (QED) is 0.675. The molecule has 4 heteroatoms. The summed E-state index contributed by atoms with van der Waals surface area (Å²) in [5, 5.41) is 0. The van der Waals surface area contributed by atoms with Gasteiger partial charge in [0.1, 0.15) is 0 Å². The van der Waals surface area contributed by atoms with Gasteiger partial charge in [-0.15, -0.1) is 0 Å². The molecule has 2 amide bonds. The minimum absolute atomic E-state index is 0.281. The maximum absolute atomic E-state index is 12.5. The molecule has 116 valence electrons. The van der Waals surface area contributed by atoms with E-state index in [1.54, 1.807) is 36.4 Å². The Labute approximate surface area is 139 Å². The summed E-state index contributed by atoms with van der Waals surface area (Å²) in [7, 11) is 0. The van der Waals surface area contributed by atoms with Gasteiger partial charge in [0, 0.05) is 11.8 Å². The lowest BCUT2D eigenvalue weighted by Gasteiger charge is -2.14. The molecule has 0 aliphatic carbocycles. The van der Waals surface area contributed by atoms with Crippen LogP contribution >= 0.6 is 0 Å². The predicted molar refractivity (Wildman–Crippen MR) is 92.0 cm³/mol. The van der Waals surface area contributed by atoms with Crippen LogP contribution in [-0.2, 0) is 0 Å². The van der Waals surface area contributed by atoms with Gasteiger partial charge in [0.15, 0.2) is 0 Å². The van der Waals surface area contributed by atoms with Crippen molar-refractivity contribution in [3.05, 3.63) is 83.6 Å². The lowest BCUT2D eigenvalue weighted by atomic mass is 10.1. The molecule has 2 aromatic carbocycles. The Bertz CT molecular complexity index is 909. The van der Waals surface area contributed by atoms with Gasteiger partial charge in [0.05, 0.1) is 22.5 Å². The highest BCUT2D eigenvalue weighted by molar-refractivity contribution is 6.34. The number of rotatable bonds is 2. The summed E-state index contributed by atoms with van der Waals surface area (Å²) in [6, 6.07) is 18.1. The van der Waals surface area contributed by atoms with E-state index >= 15 is 0 Å². The lowest BCUT2D eigenvalue weighted by molar-refractivity contribution is 0.0926. The van der Waals surface area contributed by atoms with Crippen molar-refractivity contribution in [2.75, 3.05) is 4.90 Å². The summed E-state index contributed by atoms with van der Waals surface area (Å²) in [5.74, 6) is -0.561. The molecule has 24 heavy (non-hydrogen) atoms. The number of pyridine rings is 1. The maximum Gasteiger partial charge on any atom is 0.266 e. The van der Waals surface area contributed by atoms with E-state index in [0.717, 1.165) is 16.8 Å². The average molecular weight is 314 g/mol. The van der Waals surface area contributed by atoms with Gasteiger partial charge >= 0.3 is 0 Å². The molecule has 0 saturated heterocycles. The van der Waals surface area contributed by atoms with Crippen molar-refractivity contribution in [1.29, 1.82) is 0 Å². The standard InChI is InChI=1S/C20H14N2O2/c1-13-6-11-18(21-12-13)14-7-9-15(10-8-14)22-19(23)16-4-2-3-5-17(16)20(22)24/h2-12H,1H3. The molecule has 1 aliphatic rings. The summed E-state index contributed by atoms with van der Waals surface area (Å²) in [6.45, 7) is 1.99. The Morgan fingerprint density at radius 3 is 1.96 bits per heavy atom.